The molecule has 0 radical (unpaired) electrons. The molecule has 1 aromatic carbocycles. The summed E-state index contributed by atoms with van der Waals surface area (Å²) in [6.45, 7) is 0.996. The number of likely N-dealkylation sites (tertiary alicyclic amines) is 1. The molecule has 5 nitrogen and oxygen atoms in total. The maximum absolute atomic E-state index is 12.3. The summed E-state index contributed by atoms with van der Waals surface area (Å²) >= 11 is 5.03. The lowest BCUT2D eigenvalue weighted by molar-refractivity contribution is -0.145. The highest BCUT2D eigenvalue weighted by Gasteiger charge is 2.27. The van der Waals surface area contributed by atoms with Gasteiger partial charge in [-0.25, -0.2) is 4.98 Å². The third-order valence-corrected chi connectivity index (χ3v) is 5.66. The van der Waals surface area contributed by atoms with E-state index in [0.29, 0.717) is 32.4 Å². The van der Waals surface area contributed by atoms with Crippen LogP contribution in [0.4, 0.5) is 0 Å². The Morgan fingerprint density at radius 1 is 1.43 bits per heavy atom. The predicted molar refractivity (Wildman–Crippen MR) is 92.6 cm³/mol. The summed E-state index contributed by atoms with van der Waals surface area (Å²) in [5, 5.41) is 10.0. The Hall–Kier alpha value is -1.47. The average Bonchev–Trinajstić information content (AvgIpc) is 2.94. The zero-order valence-electron chi connectivity index (χ0n) is 12.5. The largest absolute Gasteiger partial charge is 0.481 e. The van der Waals surface area contributed by atoms with Crippen molar-refractivity contribution in [1.29, 1.82) is 0 Å². The number of fused-ring (bicyclic) bond motifs is 1. The molecule has 122 valence electrons. The molecule has 1 unspecified atom stereocenters. The Kier molecular flexibility index (Phi) is 4.96. The summed E-state index contributed by atoms with van der Waals surface area (Å²) in [6.07, 6.45) is 2.40. The molecular weight excluding hydrogens is 380 g/mol. The molecule has 0 aliphatic carbocycles. The molecule has 0 saturated carbocycles. The molecule has 1 aliphatic rings. The Morgan fingerprint density at radius 2 is 2.26 bits per heavy atom. The van der Waals surface area contributed by atoms with Gasteiger partial charge in [-0.2, -0.15) is 0 Å². The van der Waals surface area contributed by atoms with Gasteiger partial charge in [0.25, 0.3) is 0 Å². The monoisotopic (exact) mass is 396 g/mol. The van der Waals surface area contributed by atoms with E-state index in [9.17, 15) is 9.59 Å². The van der Waals surface area contributed by atoms with Crippen LogP contribution >= 0.6 is 27.3 Å². The Balaban J connectivity index is 1.60. The molecule has 1 atom stereocenters. The van der Waals surface area contributed by atoms with Crippen molar-refractivity contribution in [2.75, 3.05) is 13.1 Å². The first-order valence-corrected chi connectivity index (χ1v) is 9.19. The minimum Gasteiger partial charge on any atom is -0.481 e. The van der Waals surface area contributed by atoms with E-state index in [1.807, 2.05) is 18.2 Å². The van der Waals surface area contributed by atoms with E-state index in [2.05, 4.69) is 20.9 Å². The molecule has 0 spiro atoms. The average molecular weight is 397 g/mol. The standard InChI is InChI=1S/C16H17BrN2O3S/c17-11-3-4-13-12(8-11)18-14(23-13)5-6-15(20)19-7-1-2-10(9-19)16(21)22/h3-4,8,10H,1-2,5-7,9H2,(H,21,22). The van der Waals surface area contributed by atoms with Crippen molar-refractivity contribution in [1.82, 2.24) is 9.88 Å². The summed E-state index contributed by atoms with van der Waals surface area (Å²) < 4.78 is 2.10. The lowest BCUT2D eigenvalue weighted by Gasteiger charge is -2.30. The van der Waals surface area contributed by atoms with Gasteiger partial charge in [0, 0.05) is 30.4 Å². The SMILES string of the molecule is O=C(O)C1CCCN(C(=O)CCc2nc3cc(Br)ccc3s2)C1. The lowest BCUT2D eigenvalue weighted by Crippen LogP contribution is -2.42. The van der Waals surface area contributed by atoms with Crippen molar-refractivity contribution in [3.63, 3.8) is 0 Å². The van der Waals surface area contributed by atoms with Gasteiger partial charge in [0.1, 0.15) is 0 Å². The molecule has 1 saturated heterocycles. The van der Waals surface area contributed by atoms with Gasteiger partial charge in [-0.15, -0.1) is 11.3 Å². The number of thiazole rings is 1. The maximum atomic E-state index is 12.3. The molecule has 2 aromatic rings. The van der Waals surface area contributed by atoms with Crippen LogP contribution in [0.3, 0.4) is 0 Å². The number of carboxylic acids is 1. The number of aryl methyl sites for hydroxylation is 1. The van der Waals surface area contributed by atoms with Crippen LogP contribution in [0.15, 0.2) is 22.7 Å². The van der Waals surface area contributed by atoms with Crippen molar-refractivity contribution in [2.45, 2.75) is 25.7 Å². The number of hydrogen-bond acceptors (Lipinski definition) is 4. The van der Waals surface area contributed by atoms with Crippen LogP contribution in [-0.4, -0.2) is 40.0 Å². The summed E-state index contributed by atoms with van der Waals surface area (Å²) in [5.41, 5.74) is 0.940. The highest BCUT2D eigenvalue weighted by Crippen LogP contribution is 2.26. The molecule has 1 aromatic heterocycles. The fourth-order valence-electron chi connectivity index (χ4n) is 2.83. The minimum atomic E-state index is -0.806. The van der Waals surface area contributed by atoms with E-state index >= 15 is 0 Å². The zero-order valence-corrected chi connectivity index (χ0v) is 14.9. The highest BCUT2D eigenvalue weighted by atomic mass is 79.9. The lowest BCUT2D eigenvalue weighted by atomic mass is 9.98. The van der Waals surface area contributed by atoms with Gasteiger partial charge >= 0.3 is 5.97 Å². The number of carboxylic acid groups (broad SMARTS) is 1. The number of benzene rings is 1. The second kappa shape index (κ2) is 6.97. The minimum absolute atomic E-state index is 0.0244. The Bertz CT molecular complexity index is 746. The second-order valence-electron chi connectivity index (χ2n) is 5.74. The van der Waals surface area contributed by atoms with Gasteiger partial charge < -0.3 is 10.0 Å². The van der Waals surface area contributed by atoms with Crippen LogP contribution in [0.5, 0.6) is 0 Å². The highest BCUT2D eigenvalue weighted by molar-refractivity contribution is 9.10. The van der Waals surface area contributed by atoms with E-state index in [4.69, 9.17) is 5.11 Å². The van der Waals surface area contributed by atoms with Crippen molar-refractivity contribution in [3.05, 3.63) is 27.7 Å². The van der Waals surface area contributed by atoms with E-state index < -0.39 is 11.9 Å². The molecule has 7 heteroatoms. The second-order valence-corrected chi connectivity index (χ2v) is 7.77. The smallest absolute Gasteiger partial charge is 0.308 e. The molecule has 2 heterocycles. The molecule has 1 amide bonds. The number of rotatable bonds is 4. The first kappa shape index (κ1) is 16.4. The number of hydrogen-bond donors (Lipinski definition) is 1. The molecule has 1 fully saturated rings. The van der Waals surface area contributed by atoms with Crippen LogP contribution in [0.25, 0.3) is 10.2 Å². The van der Waals surface area contributed by atoms with Gasteiger partial charge in [-0.3, -0.25) is 9.59 Å². The zero-order chi connectivity index (χ0) is 16.4. The topological polar surface area (TPSA) is 70.5 Å². The number of halogens is 1. The van der Waals surface area contributed by atoms with Gasteiger partial charge in [0.2, 0.25) is 5.91 Å². The number of carbonyl (C=O) groups is 2. The van der Waals surface area contributed by atoms with Crippen molar-refractivity contribution < 1.29 is 14.7 Å². The summed E-state index contributed by atoms with van der Waals surface area (Å²) in [6, 6.07) is 5.97. The third kappa shape index (κ3) is 3.90. The Morgan fingerprint density at radius 3 is 3.04 bits per heavy atom. The number of piperidine rings is 1. The first-order valence-electron chi connectivity index (χ1n) is 7.58. The number of amides is 1. The van der Waals surface area contributed by atoms with Gasteiger partial charge in [-0.05, 0) is 31.0 Å². The van der Waals surface area contributed by atoms with Crippen molar-refractivity contribution in [3.8, 4) is 0 Å². The van der Waals surface area contributed by atoms with Gasteiger partial charge in [-0.1, -0.05) is 15.9 Å². The van der Waals surface area contributed by atoms with Gasteiger partial charge in [0.15, 0.2) is 0 Å². The molecule has 0 bridgehead atoms. The number of aromatic nitrogens is 1. The normalized spacial score (nSPS) is 18.3. The van der Waals surface area contributed by atoms with Crippen LogP contribution in [0, 0.1) is 5.92 Å². The van der Waals surface area contributed by atoms with Crippen LogP contribution in [-0.2, 0) is 16.0 Å². The fourth-order valence-corrected chi connectivity index (χ4v) is 4.13. The van der Waals surface area contributed by atoms with Crippen molar-refractivity contribution >= 4 is 49.4 Å². The number of nitrogens with zero attached hydrogens (tertiary/aromatic N) is 2. The van der Waals surface area contributed by atoms with E-state index in [0.717, 1.165) is 26.1 Å². The van der Waals surface area contributed by atoms with Crippen LogP contribution in [0.2, 0.25) is 0 Å². The Labute approximate surface area is 146 Å². The predicted octanol–water partition coefficient (Wildman–Crippen LogP) is 3.31. The molecule has 1 N–H and O–H groups in total. The van der Waals surface area contributed by atoms with E-state index in [-0.39, 0.29) is 5.91 Å². The molecular formula is C16H17BrN2O3S. The maximum Gasteiger partial charge on any atom is 0.308 e. The van der Waals surface area contributed by atoms with E-state index in [1.165, 1.54) is 0 Å². The van der Waals surface area contributed by atoms with Gasteiger partial charge in [0.05, 0.1) is 21.1 Å². The molecule has 23 heavy (non-hydrogen) atoms. The summed E-state index contributed by atoms with van der Waals surface area (Å²) in [4.78, 5) is 29.6. The van der Waals surface area contributed by atoms with E-state index in [1.54, 1.807) is 16.2 Å². The quantitative estimate of drug-likeness (QED) is 0.860. The summed E-state index contributed by atoms with van der Waals surface area (Å²) in [5.74, 6) is -1.21. The first-order chi connectivity index (χ1) is 11.0. The molecule has 3 rings (SSSR count). The van der Waals surface area contributed by atoms with Crippen molar-refractivity contribution in [2.24, 2.45) is 5.92 Å². The summed E-state index contributed by atoms with van der Waals surface area (Å²) in [7, 11) is 0. The fraction of sp³-hybridized carbons (Fsp3) is 0.438. The third-order valence-electron chi connectivity index (χ3n) is 4.07. The van der Waals surface area contributed by atoms with Crippen LogP contribution < -0.4 is 0 Å². The number of aliphatic carboxylic acids is 1. The van der Waals surface area contributed by atoms with Crippen LogP contribution in [0.1, 0.15) is 24.3 Å². The number of carbonyl (C=O) groups excluding carboxylic acids is 1. The molecule has 1 aliphatic heterocycles.